The Kier molecular flexibility index (Phi) is 66.8. The fraction of sp³-hybridized carbons (Fsp3) is 0.733. The van der Waals surface area contributed by atoms with E-state index in [1.165, 1.54) is 218 Å². The van der Waals surface area contributed by atoms with E-state index in [9.17, 15) is 14.7 Å². The van der Waals surface area contributed by atoms with Gasteiger partial charge in [0.1, 0.15) is 6.61 Å². The molecule has 0 bridgehead atoms. The first-order chi connectivity index (χ1) is 39.6. The highest BCUT2D eigenvalue weighted by molar-refractivity contribution is 5.70. The average molecular weight is 1110 g/mol. The average Bonchev–Trinajstić information content (AvgIpc) is 3.46. The van der Waals surface area contributed by atoms with Crippen molar-refractivity contribution in [1.29, 1.82) is 0 Å². The van der Waals surface area contributed by atoms with Gasteiger partial charge in [-0.1, -0.05) is 354 Å². The fourth-order valence-electron chi connectivity index (χ4n) is 9.97. The SMILES string of the molecule is CC/C=C\C/C=C\C/C=C\C/C=C\C/C=C\C/C=C\C/C=C\C/C=C\C/C=C\CCCC(=O)OC(CO)COC(=O)CCCCCCCCCCCCCCCCCCCCCCCCCCCCCCCCCCCCCCC. The molecule has 0 spiro atoms. The zero-order chi connectivity index (χ0) is 57.6. The van der Waals surface area contributed by atoms with Crippen molar-refractivity contribution in [3.05, 3.63) is 109 Å². The van der Waals surface area contributed by atoms with Crippen molar-refractivity contribution >= 4 is 11.9 Å². The summed E-state index contributed by atoms with van der Waals surface area (Å²) in [7, 11) is 0. The predicted octanol–water partition coefficient (Wildman–Crippen LogP) is 24.0. The van der Waals surface area contributed by atoms with Gasteiger partial charge in [0, 0.05) is 12.8 Å². The number of allylic oxidation sites excluding steroid dienone is 18. The number of ether oxygens (including phenoxy) is 2. The number of carbonyl (C=O) groups is 2. The molecule has 0 aromatic carbocycles. The summed E-state index contributed by atoms with van der Waals surface area (Å²) in [5.74, 6) is -0.655. The lowest BCUT2D eigenvalue weighted by Crippen LogP contribution is -2.28. The van der Waals surface area contributed by atoms with Crippen LogP contribution in [0.15, 0.2) is 109 Å². The Hall–Kier alpha value is -3.44. The van der Waals surface area contributed by atoms with E-state index >= 15 is 0 Å². The molecule has 0 saturated heterocycles. The van der Waals surface area contributed by atoms with Gasteiger partial charge >= 0.3 is 11.9 Å². The quantitative estimate of drug-likeness (QED) is 0.0373. The second-order valence-corrected chi connectivity index (χ2v) is 22.9. The van der Waals surface area contributed by atoms with Gasteiger partial charge in [0.05, 0.1) is 6.61 Å². The van der Waals surface area contributed by atoms with Gasteiger partial charge in [-0.2, -0.15) is 0 Å². The molecule has 5 nitrogen and oxygen atoms in total. The largest absolute Gasteiger partial charge is 0.462 e. The molecule has 0 radical (unpaired) electrons. The molecule has 5 heteroatoms. The topological polar surface area (TPSA) is 72.8 Å². The lowest BCUT2D eigenvalue weighted by atomic mass is 10.0. The first-order valence-electron chi connectivity index (χ1n) is 34.4. The third-order valence-corrected chi connectivity index (χ3v) is 15.1. The first kappa shape index (κ1) is 76.6. The Morgan fingerprint density at radius 1 is 0.300 bits per heavy atom. The van der Waals surface area contributed by atoms with E-state index in [1.54, 1.807) is 0 Å². The molecule has 0 aliphatic heterocycles. The number of carbonyl (C=O) groups excluding carboxylic acids is 2. The van der Waals surface area contributed by atoms with E-state index < -0.39 is 6.10 Å². The maximum atomic E-state index is 12.3. The monoisotopic (exact) mass is 1110 g/mol. The highest BCUT2D eigenvalue weighted by atomic mass is 16.6. The summed E-state index contributed by atoms with van der Waals surface area (Å²) in [6, 6.07) is 0. The Balaban J connectivity index is 3.51. The molecule has 1 atom stereocenters. The summed E-state index contributed by atoms with van der Waals surface area (Å²) in [5.41, 5.74) is 0. The molecule has 0 aliphatic carbocycles. The molecule has 0 saturated carbocycles. The van der Waals surface area contributed by atoms with Gasteiger partial charge in [-0.05, 0) is 77.0 Å². The Morgan fingerprint density at radius 2 is 0.537 bits per heavy atom. The number of unbranched alkanes of at least 4 members (excludes halogenated alkanes) is 37. The number of aliphatic hydroxyl groups is 1. The third-order valence-electron chi connectivity index (χ3n) is 15.1. The van der Waals surface area contributed by atoms with Gasteiger partial charge < -0.3 is 14.6 Å². The van der Waals surface area contributed by atoms with Gasteiger partial charge in [-0.3, -0.25) is 9.59 Å². The summed E-state index contributed by atoms with van der Waals surface area (Å²) in [6.07, 6.45) is 101. The van der Waals surface area contributed by atoms with Crippen molar-refractivity contribution in [2.75, 3.05) is 13.2 Å². The van der Waals surface area contributed by atoms with Gasteiger partial charge in [0.15, 0.2) is 6.10 Å². The van der Waals surface area contributed by atoms with Gasteiger partial charge in [-0.15, -0.1) is 0 Å². The second kappa shape index (κ2) is 69.8. The van der Waals surface area contributed by atoms with Gasteiger partial charge in [0.2, 0.25) is 0 Å². The molecular formula is C75H130O5. The zero-order valence-corrected chi connectivity index (χ0v) is 52.8. The van der Waals surface area contributed by atoms with E-state index in [0.717, 1.165) is 83.5 Å². The lowest BCUT2D eigenvalue weighted by molar-refractivity contribution is -0.161. The molecule has 0 amide bonds. The first-order valence-corrected chi connectivity index (χ1v) is 34.4. The standard InChI is InChI=1S/C75H130O5/c1-3-5-7-9-11-13-15-17-19-21-23-25-27-29-31-33-34-35-36-37-38-39-40-42-43-45-47-49-51-53-55-57-59-61-63-65-67-69-74(77)79-72-73(71-76)80-75(78)70-68-66-64-62-60-58-56-54-52-50-48-46-44-41-32-30-28-26-24-22-20-18-16-14-12-10-8-6-4-2/h6,8,12,14,18,20,24,26,30,32,44,46,50,52,56,58,62,64,73,76H,3-5,7,9-11,13,15-17,19,21-23,25,27-29,31,33-43,45,47-49,51,53-55,57,59-61,63,65-72H2,1-2H3/b8-6-,14-12-,20-18-,26-24-,32-30-,46-44-,52-50-,58-56-,64-62-. The molecule has 1 unspecified atom stereocenters. The number of esters is 2. The third kappa shape index (κ3) is 67.1. The summed E-state index contributed by atoms with van der Waals surface area (Å²) in [4.78, 5) is 24.6. The predicted molar refractivity (Wildman–Crippen MR) is 352 cm³/mol. The number of rotatable bonds is 63. The van der Waals surface area contributed by atoms with Crippen LogP contribution in [0, 0.1) is 0 Å². The van der Waals surface area contributed by atoms with Gasteiger partial charge in [-0.25, -0.2) is 0 Å². The zero-order valence-electron chi connectivity index (χ0n) is 52.8. The molecule has 0 heterocycles. The smallest absolute Gasteiger partial charge is 0.306 e. The van der Waals surface area contributed by atoms with E-state index in [0.29, 0.717) is 12.8 Å². The Morgan fingerprint density at radius 3 is 0.800 bits per heavy atom. The highest BCUT2D eigenvalue weighted by Gasteiger charge is 2.16. The highest BCUT2D eigenvalue weighted by Crippen LogP contribution is 2.18. The normalized spacial score (nSPS) is 12.9. The van der Waals surface area contributed by atoms with Crippen molar-refractivity contribution < 1.29 is 24.2 Å². The van der Waals surface area contributed by atoms with Crippen LogP contribution in [0.1, 0.15) is 335 Å². The minimum absolute atomic E-state index is 0.0925. The minimum atomic E-state index is -0.811. The van der Waals surface area contributed by atoms with Crippen LogP contribution in [0.25, 0.3) is 0 Å². The van der Waals surface area contributed by atoms with Crippen molar-refractivity contribution in [1.82, 2.24) is 0 Å². The Labute approximate surface area is 497 Å². The molecule has 0 aromatic heterocycles. The van der Waals surface area contributed by atoms with Crippen LogP contribution in [-0.4, -0.2) is 36.4 Å². The van der Waals surface area contributed by atoms with Crippen molar-refractivity contribution in [2.45, 2.75) is 341 Å². The molecule has 80 heavy (non-hydrogen) atoms. The molecule has 0 fully saturated rings. The molecule has 0 aromatic rings. The van der Waals surface area contributed by atoms with Crippen molar-refractivity contribution in [3.8, 4) is 0 Å². The van der Waals surface area contributed by atoms with Crippen LogP contribution < -0.4 is 0 Å². The van der Waals surface area contributed by atoms with Crippen LogP contribution in [0.5, 0.6) is 0 Å². The molecule has 460 valence electrons. The van der Waals surface area contributed by atoms with Crippen molar-refractivity contribution in [3.63, 3.8) is 0 Å². The Bertz CT molecular complexity index is 1540. The van der Waals surface area contributed by atoms with Crippen molar-refractivity contribution in [2.24, 2.45) is 0 Å². The maximum absolute atomic E-state index is 12.3. The van der Waals surface area contributed by atoms with Crippen LogP contribution >= 0.6 is 0 Å². The van der Waals surface area contributed by atoms with E-state index in [-0.39, 0.29) is 31.6 Å². The summed E-state index contributed by atoms with van der Waals surface area (Å²) in [5, 5.41) is 9.68. The fourth-order valence-corrected chi connectivity index (χ4v) is 9.97. The van der Waals surface area contributed by atoms with Gasteiger partial charge in [0.25, 0.3) is 0 Å². The second-order valence-electron chi connectivity index (χ2n) is 22.9. The summed E-state index contributed by atoms with van der Waals surface area (Å²) >= 11 is 0. The molecular weight excluding hydrogens is 981 g/mol. The van der Waals surface area contributed by atoms with Crippen LogP contribution in [0.3, 0.4) is 0 Å². The number of hydrogen-bond donors (Lipinski definition) is 1. The molecule has 1 N–H and O–H groups in total. The van der Waals surface area contributed by atoms with Crippen LogP contribution in [-0.2, 0) is 19.1 Å². The van der Waals surface area contributed by atoms with Crippen LogP contribution in [0.4, 0.5) is 0 Å². The van der Waals surface area contributed by atoms with Crippen LogP contribution in [0.2, 0.25) is 0 Å². The lowest BCUT2D eigenvalue weighted by Gasteiger charge is -2.15. The van der Waals surface area contributed by atoms with E-state index in [4.69, 9.17) is 9.47 Å². The minimum Gasteiger partial charge on any atom is -0.462 e. The number of aliphatic hydroxyl groups excluding tert-OH is 1. The summed E-state index contributed by atoms with van der Waals surface area (Å²) < 4.78 is 10.7. The van der Waals surface area contributed by atoms with E-state index in [1.807, 2.05) is 0 Å². The molecule has 0 aliphatic rings. The maximum Gasteiger partial charge on any atom is 0.306 e. The number of hydrogen-bond acceptors (Lipinski definition) is 5. The molecule has 0 rings (SSSR count). The summed E-state index contributed by atoms with van der Waals surface area (Å²) in [6.45, 7) is 4.01. The van der Waals surface area contributed by atoms with E-state index in [2.05, 4.69) is 123 Å².